The molecule has 0 bridgehead atoms. The Bertz CT molecular complexity index is 577. The summed E-state index contributed by atoms with van der Waals surface area (Å²) in [6.07, 6.45) is 5.35. The normalized spacial score (nSPS) is 23.3. The Balaban J connectivity index is 1.44. The zero-order chi connectivity index (χ0) is 16.2. The van der Waals surface area contributed by atoms with Gasteiger partial charge in [-0.1, -0.05) is 6.92 Å². The molecule has 6 heteroatoms. The van der Waals surface area contributed by atoms with Gasteiger partial charge in [0.1, 0.15) is 4.88 Å². The minimum Gasteiger partial charge on any atom is -0.451 e. The second-order valence-corrected chi connectivity index (χ2v) is 7.56. The third-order valence-electron chi connectivity index (χ3n) is 4.42. The van der Waals surface area contributed by atoms with Gasteiger partial charge in [0.15, 0.2) is 6.61 Å². The van der Waals surface area contributed by atoms with Crippen LogP contribution in [0.15, 0.2) is 6.07 Å². The maximum absolute atomic E-state index is 12.1. The van der Waals surface area contributed by atoms with Crippen LogP contribution in [0.1, 0.15) is 46.3 Å². The summed E-state index contributed by atoms with van der Waals surface area (Å²) in [4.78, 5) is 25.7. The third-order valence-corrected chi connectivity index (χ3v) is 5.63. The van der Waals surface area contributed by atoms with E-state index in [1.165, 1.54) is 28.2 Å². The van der Waals surface area contributed by atoms with Gasteiger partial charge in [0.2, 0.25) is 0 Å². The lowest BCUT2D eigenvalue weighted by Crippen LogP contribution is -2.34. The molecule has 1 aromatic heterocycles. The van der Waals surface area contributed by atoms with E-state index in [-0.39, 0.29) is 18.6 Å². The second kappa shape index (κ2) is 7.45. The van der Waals surface area contributed by atoms with Crippen molar-refractivity contribution in [1.82, 2.24) is 5.32 Å². The topological polar surface area (TPSA) is 64.6 Å². The summed E-state index contributed by atoms with van der Waals surface area (Å²) in [5.41, 5.74) is 1.27. The SMILES string of the molecule is CC1CCc2sc(C(=O)OCC(=O)NCC3CCCO3)cc2C1. The number of nitrogens with one attached hydrogen (secondary N) is 1. The number of fused-ring (bicyclic) bond motifs is 1. The molecule has 1 N–H and O–H groups in total. The highest BCUT2D eigenvalue weighted by Gasteiger charge is 2.22. The lowest BCUT2D eigenvalue weighted by atomic mass is 9.90. The Morgan fingerprint density at radius 1 is 1.43 bits per heavy atom. The minimum atomic E-state index is -0.399. The third kappa shape index (κ3) is 4.32. The van der Waals surface area contributed by atoms with Crippen LogP contribution in [0.3, 0.4) is 0 Å². The van der Waals surface area contributed by atoms with E-state index in [1.807, 2.05) is 6.07 Å². The highest BCUT2D eigenvalue weighted by molar-refractivity contribution is 7.14. The zero-order valence-electron chi connectivity index (χ0n) is 13.4. The molecule has 1 fully saturated rings. The molecule has 2 aliphatic rings. The summed E-state index contributed by atoms with van der Waals surface area (Å²) >= 11 is 1.50. The lowest BCUT2D eigenvalue weighted by molar-refractivity contribution is -0.124. The molecule has 0 saturated carbocycles. The van der Waals surface area contributed by atoms with Crippen molar-refractivity contribution in [2.45, 2.75) is 45.1 Å². The Morgan fingerprint density at radius 2 is 2.30 bits per heavy atom. The predicted molar refractivity (Wildman–Crippen MR) is 87.8 cm³/mol. The maximum atomic E-state index is 12.1. The van der Waals surface area contributed by atoms with Crippen LogP contribution in [0.5, 0.6) is 0 Å². The van der Waals surface area contributed by atoms with Crippen LogP contribution >= 0.6 is 11.3 Å². The number of amides is 1. The van der Waals surface area contributed by atoms with Gasteiger partial charge in [-0.15, -0.1) is 11.3 Å². The molecular formula is C17H23NO4S. The van der Waals surface area contributed by atoms with Gasteiger partial charge in [0.05, 0.1) is 6.10 Å². The average molecular weight is 337 g/mol. The van der Waals surface area contributed by atoms with Gasteiger partial charge in [-0.05, 0) is 49.7 Å². The summed E-state index contributed by atoms with van der Waals surface area (Å²) in [6.45, 7) is 3.25. The molecule has 3 rings (SSSR count). The Hall–Kier alpha value is -1.40. The first-order valence-electron chi connectivity index (χ1n) is 8.29. The van der Waals surface area contributed by atoms with Crippen molar-refractivity contribution >= 4 is 23.2 Å². The number of carbonyl (C=O) groups excluding carboxylic acids is 2. The van der Waals surface area contributed by atoms with Crippen LogP contribution in [-0.4, -0.2) is 37.7 Å². The van der Waals surface area contributed by atoms with Crippen LogP contribution in [0, 0.1) is 5.92 Å². The van der Waals surface area contributed by atoms with Gasteiger partial charge in [0, 0.05) is 18.0 Å². The standard InChI is InChI=1S/C17H23NO4S/c1-11-4-5-14-12(7-11)8-15(23-14)17(20)22-10-16(19)18-9-13-3-2-6-21-13/h8,11,13H,2-7,9-10H2,1H3,(H,18,19). The van der Waals surface area contributed by atoms with Gasteiger partial charge in [-0.2, -0.15) is 0 Å². The van der Waals surface area contributed by atoms with Crippen LogP contribution in [0.2, 0.25) is 0 Å². The Labute approximate surface area is 140 Å². The first kappa shape index (κ1) is 16.5. The maximum Gasteiger partial charge on any atom is 0.348 e. The zero-order valence-corrected chi connectivity index (χ0v) is 14.2. The highest BCUT2D eigenvalue weighted by Crippen LogP contribution is 2.32. The van der Waals surface area contributed by atoms with Crippen molar-refractivity contribution in [2.24, 2.45) is 5.92 Å². The van der Waals surface area contributed by atoms with E-state index in [1.54, 1.807) is 0 Å². The van der Waals surface area contributed by atoms with Crippen molar-refractivity contribution in [1.29, 1.82) is 0 Å². The van der Waals surface area contributed by atoms with Gasteiger partial charge in [-0.3, -0.25) is 4.79 Å². The number of ether oxygens (including phenoxy) is 2. The average Bonchev–Trinajstić information content (AvgIpc) is 3.19. The van der Waals surface area contributed by atoms with E-state index in [2.05, 4.69) is 12.2 Å². The molecular weight excluding hydrogens is 314 g/mol. The molecule has 23 heavy (non-hydrogen) atoms. The van der Waals surface area contributed by atoms with Gasteiger partial charge >= 0.3 is 5.97 Å². The van der Waals surface area contributed by atoms with Crippen LogP contribution in [0.25, 0.3) is 0 Å². The van der Waals surface area contributed by atoms with Crippen molar-refractivity contribution in [3.8, 4) is 0 Å². The van der Waals surface area contributed by atoms with Crippen molar-refractivity contribution in [2.75, 3.05) is 19.8 Å². The molecule has 2 atom stereocenters. The number of esters is 1. The fraction of sp³-hybridized carbons (Fsp3) is 0.647. The van der Waals surface area contributed by atoms with Crippen molar-refractivity contribution in [3.63, 3.8) is 0 Å². The summed E-state index contributed by atoms with van der Waals surface area (Å²) in [6, 6.07) is 1.93. The lowest BCUT2D eigenvalue weighted by Gasteiger charge is -2.16. The van der Waals surface area contributed by atoms with Crippen LogP contribution in [-0.2, 0) is 27.1 Å². The van der Waals surface area contributed by atoms with Gasteiger partial charge in [0.25, 0.3) is 5.91 Å². The van der Waals surface area contributed by atoms with E-state index in [4.69, 9.17) is 9.47 Å². The summed E-state index contributed by atoms with van der Waals surface area (Å²) in [5.74, 6) is -0.00216. The van der Waals surface area contributed by atoms with E-state index in [0.29, 0.717) is 17.3 Å². The number of thiophene rings is 1. The highest BCUT2D eigenvalue weighted by atomic mass is 32.1. The molecule has 1 aliphatic carbocycles. The van der Waals surface area contributed by atoms with Crippen LogP contribution < -0.4 is 5.32 Å². The number of aryl methyl sites for hydroxylation is 1. The first-order valence-corrected chi connectivity index (χ1v) is 9.10. The molecule has 1 aliphatic heterocycles. The second-order valence-electron chi connectivity index (χ2n) is 6.42. The Morgan fingerprint density at radius 3 is 3.09 bits per heavy atom. The largest absolute Gasteiger partial charge is 0.451 e. The van der Waals surface area contributed by atoms with E-state index in [9.17, 15) is 9.59 Å². The smallest absolute Gasteiger partial charge is 0.348 e. The molecule has 2 unspecified atom stereocenters. The van der Waals surface area contributed by atoms with Gasteiger partial charge < -0.3 is 14.8 Å². The summed E-state index contributed by atoms with van der Waals surface area (Å²) < 4.78 is 10.6. The quantitative estimate of drug-likeness (QED) is 0.838. The van der Waals surface area contributed by atoms with E-state index in [0.717, 1.165) is 32.3 Å². The number of hydrogen-bond acceptors (Lipinski definition) is 5. The van der Waals surface area contributed by atoms with Crippen molar-refractivity contribution in [3.05, 3.63) is 21.4 Å². The Kier molecular flexibility index (Phi) is 5.33. The summed E-state index contributed by atoms with van der Waals surface area (Å²) in [7, 11) is 0. The molecule has 1 amide bonds. The summed E-state index contributed by atoms with van der Waals surface area (Å²) in [5, 5.41) is 2.75. The number of rotatable bonds is 5. The fourth-order valence-electron chi connectivity index (χ4n) is 3.09. The predicted octanol–water partition coefficient (Wildman–Crippen LogP) is 2.32. The van der Waals surface area contributed by atoms with Crippen LogP contribution in [0.4, 0.5) is 0 Å². The van der Waals surface area contributed by atoms with E-state index >= 15 is 0 Å². The fourth-order valence-corrected chi connectivity index (χ4v) is 4.19. The number of hydrogen-bond donors (Lipinski definition) is 1. The molecule has 5 nitrogen and oxygen atoms in total. The molecule has 1 aromatic rings. The van der Waals surface area contributed by atoms with E-state index < -0.39 is 5.97 Å². The monoisotopic (exact) mass is 337 g/mol. The molecule has 0 radical (unpaired) electrons. The number of carbonyl (C=O) groups is 2. The molecule has 0 spiro atoms. The molecule has 0 aromatic carbocycles. The minimum absolute atomic E-state index is 0.0978. The van der Waals surface area contributed by atoms with Gasteiger partial charge in [-0.25, -0.2) is 4.79 Å². The van der Waals surface area contributed by atoms with Crippen molar-refractivity contribution < 1.29 is 19.1 Å². The molecule has 1 saturated heterocycles. The molecule has 126 valence electrons. The first-order chi connectivity index (χ1) is 11.1. The molecule has 2 heterocycles.